The zero-order chi connectivity index (χ0) is 24.5. The van der Waals surface area contributed by atoms with Crippen LogP contribution in [0.1, 0.15) is 37.3 Å². The normalized spacial score (nSPS) is 12.4. The smallest absolute Gasteiger partial charge is 0.252 e. The molecule has 6 heteroatoms. The Labute approximate surface area is 204 Å². The molecule has 4 aromatic rings. The molecular formula is C29H28N4O2. The molecule has 0 fully saturated rings. The van der Waals surface area contributed by atoms with Crippen molar-refractivity contribution in [3.63, 3.8) is 0 Å². The number of unbranched alkanes of at least 4 members (excludes halogenated alkanes) is 1. The van der Waals surface area contributed by atoms with Crippen LogP contribution in [-0.2, 0) is 9.59 Å². The van der Waals surface area contributed by atoms with Gasteiger partial charge in [0.25, 0.3) is 11.8 Å². The first-order chi connectivity index (χ1) is 17.2. The van der Waals surface area contributed by atoms with E-state index < -0.39 is 17.7 Å². The van der Waals surface area contributed by atoms with Crippen LogP contribution in [0.2, 0.25) is 0 Å². The summed E-state index contributed by atoms with van der Waals surface area (Å²) in [7, 11) is 0. The molecule has 0 spiro atoms. The summed E-state index contributed by atoms with van der Waals surface area (Å²) in [5.74, 6) is -1.79. The summed E-state index contributed by atoms with van der Waals surface area (Å²) in [6.07, 6.45) is 5.24. The Bertz CT molecular complexity index is 1280. The van der Waals surface area contributed by atoms with Crippen molar-refractivity contribution in [3.8, 4) is 0 Å². The van der Waals surface area contributed by atoms with E-state index in [0.29, 0.717) is 6.42 Å². The first-order valence-corrected chi connectivity index (χ1v) is 11.8. The average molecular weight is 465 g/mol. The second-order valence-electron chi connectivity index (χ2n) is 8.30. The number of nitrogens with one attached hydrogen (secondary N) is 2. The van der Waals surface area contributed by atoms with Gasteiger partial charge < -0.3 is 0 Å². The monoisotopic (exact) mass is 464 g/mol. The molecule has 176 valence electrons. The molecule has 2 amide bonds. The molecule has 0 aliphatic heterocycles. The van der Waals surface area contributed by atoms with Crippen LogP contribution in [0, 0.1) is 5.92 Å². The van der Waals surface area contributed by atoms with Crippen molar-refractivity contribution >= 4 is 45.8 Å². The molecule has 35 heavy (non-hydrogen) atoms. The van der Waals surface area contributed by atoms with Crippen molar-refractivity contribution in [1.29, 1.82) is 0 Å². The number of nitrogens with zero attached hydrogens (tertiary/aromatic N) is 2. The summed E-state index contributed by atoms with van der Waals surface area (Å²) in [5, 5.41) is 12.5. The Morgan fingerprint density at radius 1 is 0.714 bits per heavy atom. The van der Waals surface area contributed by atoms with Crippen LogP contribution in [0.25, 0.3) is 21.5 Å². The van der Waals surface area contributed by atoms with Gasteiger partial charge in [-0.25, -0.2) is 10.9 Å². The first kappa shape index (κ1) is 23.8. The maximum Gasteiger partial charge on any atom is 0.252 e. The lowest BCUT2D eigenvalue weighted by molar-refractivity contribution is -0.135. The number of amides is 2. The second kappa shape index (κ2) is 11.7. The number of fused-ring (bicyclic) bond motifs is 2. The van der Waals surface area contributed by atoms with Crippen molar-refractivity contribution in [2.24, 2.45) is 16.1 Å². The van der Waals surface area contributed by atoms with Crippen LogP contribution in [0.15, 0.2) is 95.1 Å². The van der Waals surface area contributed by atoms with E-state index in [4.69, 9.17) is 0 Å². The molecule has 0 bridgehead atoms. The topological polar surface area (TPSA) is 82.9 Å². The molecule has 0 unspecified atom stereocenters. The minimum Gasteiger partial charge on any atom is -0.272 e. The van der Waals surface area contributed by atoms with Gasteiger partial charge in [0.1, 0.15) is 5.92 Å². The summed E-state index contributed by atoms with van der Waals surface area (Å²) in [4.78, 5) is 25.6. The minimum absolute atomic E-state index is 0.418. The number of carbonyl (C=O) groups excluding carboxylic acids is 2. The molecule has 0 radical (unpaired) electrons. The third kappa shape index (κ3) is 5.98. The highest BCUT2D eigenvalue weighted by molar-refractivity contribution is 6.03. The number of carbonyl (C=O) groups is 2. The van der Waals surface area contributed by atoms with E-state index in [1.165, 1.54) is 0 Å². The SMILES string of the molecule is CCCCC(C(=O)NN=Cc1cccc2ccccc12)C(=O)NN=Cc1cccc2ccccc12. The van der Waals surface area contributed by atoms with Gasteiger partial charge in [-0.1, -0.05) is 105 Å². The van der Waals surface area contributed by atoms with E-state index >= 15 is 0 Å². The van der Waals surface area contributed by atoms with Crippen molar-refractivity contribution in [3.05, 3.63) is 96.1 Å². The predicted molar refractivity (Wildman–Crippen MR) is 142 cm³/mol. The van der Waals surface area contributed by atoms with E-state index in [9.17, 15) is 9.59 Å². The van der Waals surface area contributed by atoms with E-state index in [2.05, 4.69) is 21.1 Å². The highest BCUT2D eigenvalue weighted by Crippen LogP contribution is 2.18. The van der Waals surface area contributed by atoms with Crippen LogP contribution in [0.3, 0.4) is 0 Å². The summed E-state index contributed by atoms with van der Waals surface area (Å²) < 4.78 is 0. The molecule has 0 atom stereocenters. The van der Waals surface area contributed by atoms with E-state index in [1.54, 1.807) is 12.4 Å². The fourth-order valence-electron chi connectivity index (χ4n) is 4.00. The van der Waals surface area contributed by atoms with E-state index in [0.717, 1.165) is 45.5 Å². The lowest BCUT2D eigenvalue weighted by atomic mass is 10.0. The van der Waals surface area contributed by atoms with Gasteiger partial charge in [-0.15, -0.1) is 0 Å². The fraction of sp³-hybridized carbons (Fsp3) is 0.172. The number of hydrazone groups is 2. The summed E-state index contributed by atoms with van der Waals surface area (Å²) >= 11 is 0. The molecular weight excluding hydrogens is 436 g/mol. The average Bonchev–Trinajstić information content (AvgIpc) is 2.89. The Hall–Kier alpha value is -4.32. The van der Waals surface area contributed by atoms with E-state index in [1.807, 2.05) is 91.9 Å². The second-order valence-corrected chi connectivity index (χ2v) is 8.30. The van der Waals surface area contributed by atoms with Gasteiger partial charge >= 0.3 is 0 Å². The Balaban J connectivity index is 1.42. The highest BCUT2D eigenvalue weighted by Gasteiger charge is 2.25. The third-order valence-corrected chi connectivity index (χ3v) is 5.88. The van der Waals surface area contributed by atoms with Gasteiger partial charge in [0.05, 0.1) is 12.4 Å². The van der Waals surface area contributed by atoms with Gasteiger partial charge in [-0.05, 0) is 28.0 Å². The molecule has 0 aromatic heterocycles. The zero-order valence-electron chi connectivity index (χ0n) is 19.6. The highest BCUT2D eigenvalue weighted by atomic mass is 16.2. The van der Waals surface area contributed by atoms with Crippen molar-refractivity contribution in [1.82, 2.24) is 10.9 Å². The molecule has 2 N–H and O–H groups in total. The maximum absolute atomic E-state index is 12.8. The van der Waals surface area contributed by atoms with Crippen molar-refractivity contribution in [2.45, 2.75) is 26.2 Å². The zero-order valence-corrected chi connectivity index (χ0v) is 19.6. The van der Waals surface area contributed by atoms with Gasteiger partial charge in [-0.3, -0.25) is 9.59 Å². The molecule has 0 saturated heterocycles. The quantitative estimate of drug-likeness (QED) is 0.197. The number of hydrogen-bond donors (Lipinski definition) is 2. The van der Waals surface area contributed by atoms with Gasteiger partial charge in [0.15, 0.2) is 0 Å². The standard InChI is InChI=1S/C29H28N4O2/c1-2-3-16-27(28(34)32-30-19-23-14-8-12-21-10-4-6-17-25(21)23)29(35)33-31-20-24-15-9-13-22-11-5-7-18-26(22)24/h4-15,17-20,27H,2-3,16H2,1H3,(H,32,34)(H,33,35). The lowest BCUT2D eigenvalue weighted by Crippen LogP contribution is -2.38. The predicted octanol–water partition coefficient (Wildman–Crippen LogP) is 5.40. The summed E-state index contributed by atoms with van der Waals surface area (Å²) in [6.45, 7) is 2.02. The lowest BCUT2D eigenvalue weighted by Gasteiger charge is -2.13. The maximum atomic E-state index is 12.8. The molecule has 0 heterocycles. The number of benzene rings is 4. The first-order valence-electron chi connectivity index (χ1n) is 11.8. The summed E-state index contributed by atoms with van der Waals surface area (Å²) in [5.41, 5.74) is 6.85. The van der Waals surface area contributed by atoms with E-state index in [-0.39, 0.29) is 0 Å². The largest absolute Gasteiger partial charge is 0.272 e. The van der Waals surface area contributed by atoms with Crippen molar-refractivity contribution in [2.75, 3.05) is 0 Å². The third-order valence-electron chi connectivity index (χ3n) is 5.88. The van der Waals surface area contributed by atoms with Crippen LogP contribution < -0.4 is 10.9 Å². The van der Waals surface area contributed by atoms with Gasteiger partial charge in [0.2, 0.25) is 0 Å². The number of hydrogen-bond acceptors (Lipinski definition) is 4. The molecule has 4 rings (SSSR count). The van der Waals surface area contributed by atoms with Gasteiger partial charge in [0, 0.05) is 11.1 Å². The minimum atomic E-state index is -0.885. The fourth-order valence-corrected chi connectivity index (χ4v) is 4.00. The molecule has 4 aromatic carbocycles. The van der Waals surface area contributed by atoms with Crippen LogP contribution >= 0.6 is 0 Å². The van der Waals surface area contributed by atoms with Gasteiger partial charge in [-0.2, -0.15) is 10.2 Å². The van der Waals surface area contributed by atoms with Crippen LogP contribution in [0.5, 0.6) is 0 Å². The Morgan fingerprint density at radius 3 is 1.66 bits per heavy atom. The Kier molecular flexibility index (Phi) is 7.96. The van der Waals surface area contributed by atoms with Crippen LogP contribution in [-0.4, -0.2) is 24.2 Å². The molecule has 0 saturated carbocycles. The Morgan fingerprint density at radius 2 is 1.17 bits per heavy atom. The summed E-state index contributed by atoms with van der Waals surface area (Å²) in [6, 6.07) is 27.7. The number of rotatable bonds is 9. The van der Waals surface area contributed by atoms with Crippen LogP contribution in [0.4, 0.5) is 0 Å². The molecule has 6 nitrogen and oxygen atoms in total. The molecule has 0 aliphatic carbocycles. The van der Waals surface area contributed by atoms with Crippen molar-refractivity contribution < 1.29 is 9.59 Å². The molecule has 0 aliphatic rings.